The van der Waals surface area contributed by atoms with Crippen molar-refractivity contribution in [3.05, 3.63) is 35.9 Å². The highest BCUT2D eigenvalue weighted by Crippen LogP contribution is 2.29. The van der Waals surface area contributed by atoms with E-state index in [4.69, 9.17) is 17.3 Å². The first-order chi connectivity index (χ1) is 6.61. The van der Waals surface area contributed by atoms with Crippen molar-refractivity contribution in [1.82, 2.24) is 0 Å². The molecule has 1 aromatic carbocycles. The number of hydrogen-bond acceptors (Lipinski definition) is 3. The number of aliphatic carboxylic acids is 1. The maximum atomic E-state index is 11.0. The molecule has 0 aliphatic rings. The number of carbonyl (C=O) groups is 1. The predicted octanol–water partition coefficient (Wildman–Crippen LogP) is 2.89. The molecule has 0 aliphatic heterocycles. The summed E-state index contributed by atoms with van der Waals surface area (Å²) in [5.41, 5.74) is 0.772. The maximum Gasteiger partial charge on any atom is 0.321 e. The molecule has 0 fully saturated rings. The van der Waals surface area contributed by atoms with Gasteiger partial charge in [-0.2, -0.15) is 0 Å². The summed E-state index contributed by atoms with van der Waals surface area (Å²) in [5.74, 6) is -0.856. The van der Waals surface area contributed by atoms with E-state index in [1.54, 1.807) is 19.1 Å². The van der Waals surface area contributed by atoms with Crippen LogP contribution in [0.3, 0.4) is 0 Å². The highest BCUT2D eigenvalue weighted by molar-refractivity contribution is 8.23. The fraction of sp³-hybridized carbons (Fsp3) is 0.200. The third kappa shape index (κ3) is 3.12. The van der Waals surface area contributed by atoms with Crippen LogP contribution in [0.25, 0.3) is 0 Å². The first-order valence-corrected chi connectivity index (χ1v) is 5.35. The van der Waals surface area contributed by atoms with Crippen LogP contribution in [0, 0.1) is 0 Å². The van der Waals surface area contributed by atoms with E-state index in [0.29, 0.717) is 4.20 Å². The van der Waals surface area contributed by atoms with Crippen LogP contribution < -0.4 is 0 Å². The van der Waals surface area contributed by atoms with Gasteiger partial charge in [-0.1, -0.05) is 54.3 Å². The summed E-state index contributed by atoms with van der Waals surface area (Å²) in [6.45, 7) is 1.74. The van der Waals surface area contributed by atoms with Gasteiger partial charge in [-0.05, 0) is 12.5 Å². The standard InChI is InChI=1S/C10H10O2S2/c1-7(13)14-9(10(11)12)8-5-3-2-4-6-8/h2-6,9H,1H3,(H,11,12). The van der Waals surface area contributed by atoms with Gasteiger partial charge in [0.2, 0.25) is 0 Å². The van der Waals surface area contributed by atoms with E-state index in [0.717, 1.165) is 5.56 Å². The Kier molecular flexibility index (Phi) is 4.10. The van der Waals surface area contributed by atoms with Crippen LogP contribution in [0.2, 0.25) is 0 Å². The van der Waals surface area contributed by atoms with Gasteiger partial charge in [-0.15, -0.1) is 0 Å². The molecule has 0 spiro atoms. The number of thiocarbonyl (C=S) groups is 1. The third-order valence-corrected chi connectivity index (χ3v) is 2.94. The summed E-state index contributed by atoms with van der Waals surface area (Å²) in [7, 11) is 0. The molecule has 0 heterocycles. The number of benzene rings is 1. The molecule has 1 rings (SSSR count). The van der Waals surface area contributed by atoms with E-state index in [-0.39, 0.29) is 0 Å². The monoisotopic (exact) mass is 226 g/mol. The Hall–Kier alpha value is -0.870. The predicted molar refractivity (Wildman–Crippen MR) is 62.7 cm³/mol. The molecule has 74 valence electrons. The zero-order chi connectivity index (χ0) is 10.6. The molecule has 0 radical (unpaired) electrons. The quantitative estimate of drug-likeness (QED) is 0.804. The van der Waals surface area contributed by atoms with Crippen molar-refractivity contribution in [3.8, 4) is 0 Å². The molecule has 0 saturated heterocycles. The van der Waals surface area contributed by atoms with E-state index in [9.17, 15) is 4.79 Å². The Morgan fingerprint density at radius 3 is 2.43 bits per heavy atom. The van der Waals surface area contributed by atoms with E-state index in [1.165, 1.54) is 11.8 Å². The van der Waals surface area contributed by atoms with Gasteiger partial charge in [0.25, 0.3) is 0 Å². The van der Waals surface area contributed by atoms with Gasteiger partial charge in [-0.3, -0.25) is 4.79 Å². The Morgan fingerprint density at radius 1 is 1.43 bits per heavy atom. The Labute approximate surface area is 92.3 Å². The molecule has 14 heavy (non-hydrogen) atoms. The summed E-state index contributed by atoms with van der Waals surface area (Å²) in [6.07, 6.45) is 0. The lowest BCUT2D eigenvalue weighted by Crippen LogP contribution is -2.09. The second-order valence-electron chi connectivity index (χ2n) is 2.74. The number of carboxylic acids is 1. The molecule has 0 aromatic heterocycles. The zero-order valence-electron chi connectivity index (χ0n) is 7.64. The number of rotatable bonds is 3. The molecule has 0 amide bonds. The molecule has 0 bridgehead atoms. The lowest BCUT2D eigenvalue weighted by atomic mass is 10.1. The van der Waals surface area contributed by atoms with Crippen molar-refractivity contribution in [2.45, 2.75) is 12.2 Å². The maximum absolute atomic E-state index is 11.0. The summed E-state index contributed by atoms with van der Waals surface area (Å²) < 4.78 is 0.640. The number of hydrogen-bond donors (Lipinski definition) is 1. The third-order valence-electron chi connectivity index (χ3n) is 1.61. The fourth-order valence-electron chi connectivity index (χ4n) is 1.05. The Balaban J connectivity index is 2.89. The first kappa shape index (κ1) is 11.2. The molecule has 0 saturated carbocycles. The molecule has 1 unspecified atom stereocenters. The molecule has 4 heteroatoms. The van der Waals surface area contributed by atoms with E-state index >= 15 is 0 Å². The van der Waals surface area contributed by atoms with Crippen molar-refractivity contribution in [2.24, 2.45) is 0 Å². The van der Waals surface area contributed by atoms with Crippen LogP contribution in [0.5, 0.6) is 0 Å². The normalized spacial score (nSPS) is 12.1. The minimum absolute atomic E-state index is 0.589. The minimum Gasteiger partial charge on any atom is -0.480 e. The minimum atomic E-state index is -0.856. The van der Waals surface area contributed by atoms with Gasteiger partial charge in [-0.25, -0.2) is 0 Å². The second kappa shape index (κ2) is 5.12. The van der Waals surface area contributed by atoms with Gasteiger partial charge in [0.1, 0.15) is 5.25 Å². The average Bonchev–Trinajstić information content (AvgIpc) is 2.15. The fourth-order valence-corrected chi connectivity index (χ4v) is 2.07. The molecular formula is C10H10O2S2. The van der Waals surface area contributed by atoms with Gasteiger partial charge in [0.05, 0.1) is 0 Å². The Bertz CT molecular complexity index is 335. The summed E-state index contributed by atoms with van der Waals surface area (Å²) >= 11 is 6.08. The Morgan fingerprint density at radius 2 is 2.00 bits per heavy atom. The highest BCUT2D eigenvalue weighted by atomic mass is 32.2. The van der Waals surface area contributed by atoms with Gasteiger partial charge < -0.3 is 5.11 Å². The molecular weight excluding hydrogens is 216 g/mol. The van der Waals surface area contributed by atoms with Crippen LogP contribution in [-0.4, -0.2) is 15.3 Å². The topological polar surface area (TPSA) is 37.3 Å². The van der Waals surface area contributed by atoms with Gasteiger partial charge in [0.15, 0.2) is 0 Å². The van der Waals surface area contributed by atoms with Crippen LogP contribution in [0.4, 0.5) is 0 Å². The number of carboxylic acid groups (broad SMARTS) is 1. The summed E-state index contributed by atoms with van der Waals surface area (Å²) in [4.78, 5) is 11.0. The largest absolute Gasteiger partial charge is 0.480 e. The number of thioether (sulfide) groups is 1. The van der Waals surface area contributed by atoms with Crippen molar-refractivity contribution < 1.29 is 9.90 Å². The molecule has 1 N–H and O–H groups in total. The highest BCUT2D eigenvalue weighted by Gasteiger charge is 2.20. The van der Waals surface area contributed by atoms with Crippen molar-refractivity contribution in [3.63, 3.8) is 0 Å². The van der Waals surface area contributed by atoms with E-state index < -0.39 is 11.2 Å². The van der Waals surface area contributed by atoms with Crippen LogP contribution in [0.1, 0.15) is 17.7 Å². The van der Waals surface area contributed by atoms with Crippen molar-refractivity contribution in [1.29, 1.82) is 0 Å². The van der Waals surface area contributed by atoms with Crippen LogP contribution in [-0.2, 0) is 4.79 Å². The van der Waals surface area contributed by atoms with Crippen LogP contribution in [0.15, 0.2) is 30.3 Å². The lowest BCUT2D eigenvalue weighted by Gasteiger charge is -2.10. The molecule has 2 nitrogen and oxygen atoms in total. The van der Waals surface area contributed by atoms with Crippen molar-refractivity contribution in [2.75, 3.05) is 0 Å². The second-order valence-corrected chi connectivity index (χ2v) is 4.93. The SMILES string of the molecule is CC(=S)SC(C(=O)O)c1ccccc1. The summed E-state index contributed by atoms with van der Waals surface area (Å²) in [6, 6.07) is 9.10. The zero-order valence-corrected chi connectivity index (χ0v) is 9.27. The van der Waals surface area contributed by atoms with Crippen molar-refractivity contribution >= 4 is 34.1 Å². The summed E-state index contributed by atoms with van der Waals surface area (Å²) in [5, 5.41) is 8.41. The lowest BCUT2D eigenvalue weighted by molar-refractivity contribution is -0.136. The van der Waals surface area contributed by atoms with E-state index in [2.05, 4.69) is 0 Å². The average molecular weight is 226 g/mol. The molecule has 0 aliphatic carbocycles. The first-order valence-electron chi connectivity index (χ1n) is 4.06. The molecule has 1 aromatic rings. The van der Waals surface area contributed by atoms with E-state index in [1.807, 2.05) is 18.2 Å². The smallest absolute Gasteiger partial charge is 0.321 e. The van der Waals surface area contributed by atoms with Gasteiger partial charge in [0, 0.05) is 4.20 Å². The van der Waals surface area contributed by atoms with Crippen LogP contribution >= 0.6 is 24.0 Å². The van der Waals surface area contributed by atoms with Gasteiger partial charge >= 0.3 is 5.97 Å². The molecule has 1 atom stereocenters.